The zero-order valence-electron chi connectivity index (χ0n) is 6.60. The summed E-state index contributed by atoms with van der Waals surface area (Å²) in [5.74, 6) is -0.732. The van der Waals surface area contributed by atoms with Crippen molar-refractivity contribution in [3.63, 3.8) is 0 Å². The summed E-state index contributed by atoms with van der Waals surface area (Å²) >= 11 is 0. The van der Waals surface area contributed by atoms with Crippen molar-refractivity contribution in [3.05, 3.63) is 12.3 Å². The van der Waals surface area contributed by atoms with Gasteiger partial charge in [-0.3, -0.25) is 4.99 Å². The average Bonchev–Trinajstić information content (AvgIpc) is 2.86. The normalized spacial score (nSPS) is 24.2. The van der Waals surface area contributed by atoms with E-state index in [4.69, 9.17) is 5.11 Å². The van der Waals surface area contributed by atoms with Gasteiger partial charge in [-0.1, -0.05) is 0 Å². The molecule has 4 heteroatoms. The Balaban J connectivity index is 2.14. The number of allylic oxidation sites excluding steroid dienone is 1. The van der Waals surface area contributed by atoms with Gasteiger partial charge >= 0.3 is 5.97 Å². The molecule has 0 aromatic heterocycles. The van der Waals surface area contributed by atoms with E-state index in [2.05, 4.69) is 4.99 Å². The van der Waals surface area contributed by atoms with E-state index >= 15 is 0 Å². The molecule has 4 nitrogen and oxygen atoms in total. The van der Waals surface area contributed by atoms with E-state index in [0.717, 1.165) is 12.8 Å². The summed E-state index contributed by atoms with van der Waals surface area (Å²) < 4.78 is 0. The Morgan fingerprint density at radius 1 is 1.58 bits per heavy atom. The highest BCUT2D eigenvalue weighted by Crippen LogP contribution is 2.42. The van der Waals surface area contributed by atoms with E-state index in [-0.39, 0.29) is 0 Å². The lowest BCUT2D eigenvalue weighted by Gasteiger charge is -2.26. The molecule has 0 saturated heterocycles. The second-order valence-electron chi connectivity index (χ2n) is 3.12. The summed E-state index contributed by atoms with van der Waals surface area (Å²) in [7, 11) is 0. The molecule has 1 aliphatic carbocycles. The van der Waals surface area contributed by atoms with Gasteiger partial charge in [0, 0.05) is 12.4 Å². The molecule has 64 valence electrons. The van der Waals surface area contributed by atoms with Crippen molar-refractivity contribution in [2.24, 2.45) is 4.99 Å². The van der Waals surface area contributed by atoms with Crippen LogP contribution >= 0.6 is 0 Å². The molecule has 0 aromatic rings. The Morgan fingerprint density at radius 3 is 2.75 bits per heavy atom. The molecule has 2 aliphatic rings. The van der Waals surface area contributed by atoms with Crippen molar-refractivity contribution >= 4 is 12.2 Å². The zero-order valence-corrected chi connectivity index (χ0v) is 6.60. The SMILES string of the molecule is O=C(O)C1(N2C=CC=NC2)CC1. The third-order valence-corrected chi connectivity index (χ3v) is 2.36. The molecule has 2 rings (SSSR count). The third-order valence-electron chi connectivity index (χ3n) is 2.36. The largest absolute Gasteiger partial charge is 0.479 e. The van der Waals surface area contributed by atoms with Crippen LogP contribution in [0.25, 0.3) is 0 Å². The smallest absolute Gasteiger partial charge is 0.329 e. The number of nitrogens with zero attached hydrogens (tertiary/aromatic N) is 2. The number of hydrogen-bond acceptors (Lipinski definition) is 3. The second-order valence-corrected chi connectivity index (χ2v) is 3.12. The van der Waals surface area contributed by atoms with Gasteiger partial charge in [0.1, 0.15) is 12.2 Å². The van der Waals surface area contributed by atoms with Crippen molar-refractivity contribution in [1.29, 1.82) is 0 Å². The van der Waals surface area contributed by atoms with Crippen molar-refractivity contribution in [2.45, 2.75) is 18.4 Å². The van der Waals surface area contributed by atoms with Crippen LogP contribution in [0.3, 0.4) is 0 Å². The number of carboxylic acid groups (broad SMARTS) is 1. The van der Waals surface area contributed by atoms with Crippen molar-refractivity contribution in [1.82, 2.24) is 4.90 Å². The molecule has 1 N–H and O–H groups in total. The lowest BCUT2D eigenvalue weighted by atomic mass is 10.2. The van der Waals surface area contributed by atoms with Gasteiger partial charge in [-0.05, 0) is 18.9 Å². The first-order valence-corrected chi connectivity index (χ1v) is 3.92. The molecule has 1 aliphatic heterocycles. The number of hydrogen-bond donors (Lipinski definition) is 1. The highest BCUT2D eigenvalue weighted by atomic mass is 16.4. The molecular formula is C8H10N2O2. The van der Waals surface area contributed by atoms with Gasteiger partial charge in [0.15, 0.2) is 0 Å². The molecule has 0 amide bonds. The van der Waals surface area contributed by atoms with Crippen LogP contribution in [-0.2, 0) is 4.79 Å². The van der Waals surface area contributed by atoms with E-state index in [1.807, 2.05) is 0 Å². The minimum atomic E-state index is -0.732. The Kier molecular flexibility index (Phi) is 1.43. The highest BCUT2D eigenvalue weighted by molar-refractivity contribution is 5.83. The van der Waals surface area contributed by atoms with Crippen LogP contribution in [0.4, 0.5) is 0 Å². The predicted molar refractivity (Wildman–Crippen MR) is 43.9 cm³/mol. The van der Waals surface area contributed by atoms with Crippen LogP contribution < -0.4 is 0 Å². The lowest BCUT2D eigenvalue weighted by Crippen LogP contribution is -2.40. The van der Waals surface area contributed by atoms with Gasteiger partial charge < -0.3 is 10.0 Å². The minimum absolute atomic E-state index is 0.475. The summed E-state index contributed by atoms with van der Waals surface area (Å²) in [6, 6.07) is 0. The fourth-order valence-electron chi connectivity index (χ4n) is 1.41. The molecule has 0 unspecified atom stereocenters. The Morgan fingerprint density at radius 2 is 2.33 bits per heavy atom. The number of aliphatic imine (C=N–C) groups is 1. The van der Waals surface area contributed by atoms with Crippen LogP contribution in [0.2, 0.25) is 0 Å². The van der Waals surface area contributed by atoms with Crippen molar-refractivity contribution < 1.29 is 9.90 Å². The van der Waals surface area contributed by atoms with E-state index in [0.29, 0.717) is 6.67 Å². The van der Waals surface area contributed by atoms with Gasteiger partial charge in [-0.15, -0.1) is 0 Å². The molecule has 1 fully saturated rings. The van der Waals surface area contributed by atoms with Crippen molar-refractivity contribution in [3.8, 4) is 0 Å². The molecule has 0 aromatic carbocycles. The molecular weight excluding hydrogens is 156 g/mol. The van der Waals surface area contributed by atoms with Gasteiger partial charge in [-0.2, -0.15) is 0 Å². The summed E-state index contributed by atoms with van der Waals surface area (Å²) in [6.07, 6.45) is 6.74. The first-order chi connectivity index (χ1) is 5.76. The van der Waals surface area contributed by atoms with E-state index in [1.54, 1.807) is 23.4 Å². The Bertz CT molecular complexity index is 266. The standard InChI is InChI=1S/C8H10N2O2/c11-7(12)8(2-3-8)10-5-1-4-9-6-10/h1,4-5H,2-3,6H2,(H,11,12). The minimum Gasteiger partial charge on any atom is -0.479 e. The molecule has 0 spiro atoms. The molecule has 0 radical (unpaired) electrons. The maximum atomic E-state index is 10.9. The van der Waals surface area contributed by atoms with Crippen LogP contribution in [0.1, 0.15) is 12.8 Å². The van der Waals surface area contributed by atoms with E-state index in [1.165, 1.54) is 0 Å². The molecule has 0 bridgehead atoms. The second kappa shape index (κ2) is 2.33. The third kappa shape index (κ3) is 0.913. The van der Waals surface area contributed by atoms with Crippen LogP contribution in [0.15, 0.2) is 17.3 Å². The topological polar surface area (TPSA) is 52.9 Å². The lowest BCUT2D eigenvalue weighted by molar-refractivity contribution is -0.143. The summed E-state index contributed by atoms with van der Waals surface area (Å²) in [5, 5.41) is 8.93. The summed E-state index contributed by atoms with van der Waals surface area (Å²) in [5.41, 5.74) is -0.631. The first kappa shape index (κ1) is 7.34. The van der Waals surface area contributed by atoms with Gasteiger partial charge in [0.05, 0.1) is 0 Å². The summed E-state index contributed by atoms with van der Waals surface area (Å²) in [6.45, 7) is 0.475. The van der Waals surface area contributed by atoms with E-state index < -0.39 is 11.5 Å². The fourth-order valence-corrected chi connectivity index (χ4v) is 1.41. The molecule has 1 saturated carbocycles. The quantitative estimate of drug-likeness (QED) is 0.648. The summed E-state index contributed by atoms with van der Waals surface area (Å²) in [4.78, 5) is 16.6. The van der Waals surface area contributed by atoms with Crippen LogP contribution in [0.5, 0.6) is 0 Å². The monoisotopic (exact) mass is 166 g/mol. The maximum Gasteiger partial charge on any atom is 0.329 e. The number of rotatable bonds is 2. The molecule has 12 heavy (non-hydrogen) atoms. The fraction of sp³-hybridized carbons (Fsp3) is 0.500. The van der Waals surface area contributed by atoms with Crippen LogP contribution in [0, 0.1) is 0 Å². The van der Waals surface area contributed by atoms with Crippen molar-refractivity contribution in [2.75, 3.05) is 6.67 Å². The molecule has 1 heterocycles. The Labute approximate surface area is 70.2 Å². The zero-order chi connectivity index (χ0) is 8.60. The predicted octanol–water partition coefficient (Wildman–Crippen LogP) is 0.461. The average molecular weight is 166 g/mol. The number of carboxylic acids is 1. The highest BCUT2D eigenvalue weighted by Gasteiger charge is 2.54. The van der Waals surface area contributed by atoms with Gasteiger partial charge in [-0.25, -0.2) is 4.79 Å². The Hall–Kier alpha value is -1.32. The maximum absolute atomic E-state index is 10.9. The number of aliphatic carboxylic acids is 1. The van der Waals surface area contributed by atoms with Crippen LogP contribution in [-0.4, -0.2) is 34.4 Å². The first-order valence-electron chi connectivity index (χ1n) is 3.92. The van der Waals surface area contributed by atoms with Gasteiger partial charge in [0.2, 0.25) is 0 Å². The van der Waals surface area contributed by atoms with Gasteiger partial charge in [0.25, 0.3) is 0 Å². The molecule has 0 atom stereocenters. The number of carbonyl (C=O) groups is 1. The van der Waals surface area contributed by atoms with E-state index in [9.17, 15) is 4.79 Å².